The minimum absolute atomic E-state index is 0.199. The van der Waals surface area contributed by atoms with E-state index in [0.29, 0.717) is 5.69 Å². The van der Waals surface area contributed by atoms with Crippen LogP contribution in [0.2, 0.25) is 0 Å². The monoisotopic (exact) mass is 362 g/mol. The van der Waals surface area contributed by atoms with Crippen LogP contribution >= 0.6 is 11.3 Å². The Kier molecular flexibility index (Phi) is 4.26. The topological polar surface area (TPSA) is 59.8 Å². The SMILES string of the molecule is Cc1nc(C(=O)N[C@H](c2ccccc2)c2nc3ccccc3n2C)cs1. The van der Waals surface area contributed by atoms with Gasteiger partial charge in [0.25, 0.3) is 5.91 Å². The summed E-state index contributed by atoms with van der Waals surface area (Å²) in [4.78, 5) is 21.8. The number of amides is 1. The Morgan fingerprint density at radius 2 is 1.81 bits per heavy atom. The lowest BCUT2D eigenvalue weighted by Crippen LogP contribution is -2.31. The van der Waals surface area contributed by atoms with E-state index in [9.17, 15) is 4.79 Å². The van der Waals surface area contributed by atoms with E-state index in [1.165, 1.54) is 11.3 Å². The number of thiazole rings is 1. The summed E-state index contributed by atoms with van der Waals surface area (Å²) in [6.07, 6.45) is 0. The summed E-state index contributed by atoms with van der Waals surface area (Å²) in [6.45, 7) is 1.89. The molecule has 0 bridgehead atoms. The van der Waals surface area contributed by atoms with Crippen LogP contribution in [0.1, 0.15) is 32.9 Å². The minimum atomic E-state index is -0.358. The third kappa shape index (κ3) is 2.99. The van der Waals surface area contributed by atoms with E-state index >= 15 is 0 Å². The van der Waals surface area contributed by atoms with Crippen molar-refractivity contribution in [3.05, 3.63) is 82.1 Å². The quantitative estimate of drug-likeness (QED) is 0.600. The molecule has 26 heavy (non-hydrogen) atoms. The highest BCUT2D eigenvalue weighted by molar-refractivity contribution is 7.09. The largest absolute Gasteiger partial charge is 0.337 e. The van der Waals surface area contributed by atoms with Crippen molar-refractivity contribution in [1.29, 1.82) is 0 Å². The Labute approximate surface area is 155 Å². The first kappa shape index (κ1) is 16.5. The third-order valence-corrected chi connectivity index (χ3v) is 5.11. The van der Waals surface area contributed by atoms with E-state index in [-0.39, 0.29) is 11.9 Å². The van der Waals surface area contributed by atoms with Crippen LogP contribution in [0, 0.1) is 6.92 Å². The smallest absolute Gasteiger partial charge is 0.271 e. The molecule has 2 aromatic heterocycles. The second-order valence-electron chi connectivity index (χ2n) is 6.09. The zero-order valence-corrected chi connectivity index (χ0v) is 15.3. The van der Waals surface area contributed by atoms with E-state index < -0.39 is 0 Å². The van der Waals surface area contributed by atoms with E-state index in [2.05, 4.69) is 10.3 Å². The molecule has 1 atom stereocenters. The Hall–Kier alpha value is -2.99. The fourth-order valence-electron chi connectivity index (χ4n) is 3.04. The van der Waals surface area contributed by atoms with Crippen molar-refractivity contribution in [2.45, 2.75) is 13.0 Å². The highest BCUT2D eigenvalue weighted by Crippen LogP contribution is 2.25. The van der Waals surface area contributed by atoms with Gasteiger partial charge in [-0.1, -0.05) is 42.5 Å². The number of rotatable bonds is 4. The van der Waals surface area contributed by atoms with Gasteiger partial charge in [-0.2, -0.15) is 0 Å². The van der Waals surface area contributed by atoms with Crippen LogP contribution in [0.4, 0.5) is 0 Å². The van der Waals surface area contributed by atoms with Gasteiger partial charge in [0.1, 0.15) is 17.6 Å². The van der Waals surface area contributed by atoms with Crippen LogP contribution in [-0.4, -0.2) is 20.4 Å². The number of hydrogen-bond acceptors (Lipinski definition) is 4. The molecule has 5 nitrogen and oxygen atoms in total. The van der Waals surface area contributed by atoms with Gasteiger partial charge in [-0.05, 0) is 24.6 Å². The van der Waals surface area contributed by atoms with Gasteiger partial charge in [0.2, 0.25) is 0 Å². The van der Waals surface area contributed by atoms with Gasteiger partial charge in [-0.25, -0.2) is 9.97 Å². The van der Waals surface area contributed by atoms with Crippen LogP contribution in [-0.2, 0) is 7.05 Å². The first-order valence-electron chi connectivity index (χ1n) is 8.33. The van der Waals surface area contributed by atoms with E-state index in [0.717, 1.165) is 27.4 Å². The van der Waals surface area contributed by atoms with Crippen molar-refractivity contribution in [2.24, 2.45) is 7.05 Å². The van der Waals surface area contributed by atoms with Crippen molar-refractivity contribution >= 4 is 28.3 Å². The van der Waals surface area contributed by atoms with Crippen LogP contribution < -0.4 is 5.32 Å². The number of carbonyl (C=O) groups is 1. The number of aryl methyl sites for hydroxylation is 2. The molecule has 1 N–H and O–H groups in total. The van der Waals surface area contributed by atoms with Crippen molar-refractivity contribution < 1.29 is 4.79 Å². The minimum Gasteiger partial charge on any atom is -0.337 e. The average molecular weight is 362 g/mol. The number of para-hydroxylation sites is 2. The fourth-order valence-corrected chi connectivity index (χ4v) is 3.63. The summed E-state index contributed by atoms with van der Waals surface area (Å²) in [5.74, 6) is 0.591. The normalized spacial score (nSPS) is 12.2. The summed E-state index contributed by atoms with van der Waals surface area (Å²) in [7, 11) is 1.97. The molecule has 2 heterocycles. The molecule has 0 unspecified atom stereocenters. The Bertz CT molecular complexity index is 1070. The Morgan fingerprint density at radius 1 is 1.08 bits per heavy atom. The molecule has 0 fully saturated rings. The first-order valence-corrected chi connectivity index (χ1v) is 9.21. The summed E-state index contributed by atoms with van der Waals surface area (Å²) in [6, 6.07) is 17.5. The maximum absolute atomic E-state index is 12.7. The Balaban J connectivity index is 1.78. The van der Waals surface area contributed by atoms with Crippen molar-refractivity contribution in [2.75, 3.05) is 0 Å². The second-order valence-corrected chi connectivity index (χ2v) is 7.15. The van der Waals surface area contributed by atoms with E-state index in [1.54, 1.807) is 5.38 Å². The predicted octanol–water partition coefficient (Wildman–Crippen LogP) is 3.86. The number of carbonyl (C=O) groups excluding carboxylic acids is 1. The van der Waals surface area contributed by atoms with Gasteiger partial charge in [0.05, 0.1) is 16.0 Å². The molecule has 4 rings (SSSR count). The first-order chi connectivity index (χ1) is 12.6. The Morgan fingerprint density at radius 3 is 2.50 bits per heavy atom. The van der Waals surface area contributed by atoms with Gasteiger partial charge < -0.3 is 9.88 Å². The molecule has 130 valence electrons. The second kappa shape index (κ2) is 6.72. The lowest BCUT2D eigenvalue weighted by atomic mass is 10.1. The molecule has 4 aromatic rings. The number of benzene rings is 2. The molecule has 0 spiro atoms. The molecule has 0 radical (unpaired) electrons. The summed E-state index contributed by atoms with van der Waals surface area (Å²) < 4.78 is 2.03. The van der Waals surface area contributed by atoms with Crippen LogP contribution in [0.25, 0.3) is 11.0 Å². The van der Waals surface area contributed by atoms with Crippen molar-refractivity contribution in [1.82, 2.24) is 19.9 Å². The predicted molar refractivity (Wildman–Crippen MR) is 103 cm³/mol. The van der Waals surface area contributed by atoms with Crippen molar-refractivity contribution in [3.8, 4) is 0 Å². The zero-order chi connectivity index (χ0) is 18.1. The molecule has 0 aliphatic carbocycles. The molecule has 1 amide bonds. The highest BCUT2D eigenvalue weighted by atomic mass is 32.1. The summed E-state index contributed by atoms with van der Waals surface area (Å²) in [5, 5.41) is 5.75. The summed E-state index contributed by atoms with van der Waals surface area (Å²) >= 11 is 1.47. The number of nitrogens with zero attached hydrogens (tertiary/aromatic N) is 3. The molecule has 0 saturated carbocycles. The number of fused-ring (bicyclic) bond motifs is 1. The number of imidazole rings is 1. The standard InChI is InChI=1S/C20H18N4OS/c1-13-21-16(12-26-13)20(25)23-18(14-8-4-3-5-9-14)19-22-15-10-6-7-11-17(15)24(19)2/h3-12,18H,1-2H3,(H,23,25)/t18-/m1/s1. The van der Waals surface area contributed by atoms with Gasteiger partial charge in [-0.3, -0.25) is 4.79 Å². The maximum Gasteiger partial charge on any atom is 0.271 e. The number of nitrogens with one attached hydrogen (secondary N) is 1. The van der Waals surface area contributed by atoms with Crippen LogP contribution in [0.15, 0.2) is 60.0 Å². The van der Waals surface area contributed by atoms with Gasteiger partial charge in [0.15, 0.2) is 0 Å². The van der Waals surface area contributed by atoms with E-state index in [1.807, 2.05) is 73.1 Å². The lowest BCUT2D eigenvalue weighted by Gasteiger charge is -2.18. The van der Waals surface area contributed by atoms with Gasteiger partial charge in [0, 0.05) is 12.4 Å². The highest BCUT2D eigenvalue weighted by Gasteiger charge is 2.24. The lowest BCUT2D eigenvalue weighted by molar-refractivity contribution is 0.0936. The molecule has 0 saturated heterocycles. The van der Waals surface area contributed by atoms with Gasteiger partial charge in [-0.15, -0.1) is 11.3 Å². The molecule has 2 aromatic carbocycles. The van der Waals surface area contributed by atoms with E-state index in [4.69, 9.17) is 4.98 Å². The third-order valence-electron chi connectivity index (χ3n) is 4.34. The van der Waals surface area contributed by atoms with Crippen molar-refractivity contribution in [3.63, 3.8) is 0 Å². The average Bonchev–Trinajstić information content (AvgIpc) is 3.24. The molecule has 6 heteroatoms. The molecule has 0 aliphatic heterocycles. The maximum atomic E-state index is 12.7. The summed E-state index contributed by atoms with van der Waals surface area (Å²) in [5.41, 5.74) is 3.35. The fraction of sp³-hybridized carbons (Fsp3) is 0.150. The molecular formula is C20H18N4OS. The van der Waals surface area contributed by atoms with Crippen LogP contribution in [0.3, 0.4) is 0 Å². The zero-order valence-electron chi connectivity index (χ0n) is 14.5. The van der Waals surface area contributed by atoms with Crippen LogP contribution in [0.5, 0.6) is 0 Å². The molecular weight excluding hydrogens is 344 g/mol. The number of hydrogen-bond donors (Lipinski definition) is 1. The van der Waals surface area contributed by atoms with Gasteiger partial charge >= 0.3 is 0 Å². The molecule has 0 aliphatic rings. The number of aromatic nitrogens is 3.